The summed E-state index contributed by atoms with van der Waals surface area (Å²) in [6, 6.07) is 28.5. The maximum Gasteiger partial charge on any atom is 0.255 e. The maximum atomic E-state index is 13.3. The number of hydrogen-bond donors (Lipinski definition) is 3. The average molecular weight is 489 g/mol. The Labute approximate surface area is 210 Å². The molecule has 0 radical (unpaired) electrons. The number of nitrogens with two attached hydrogens (primary N) is 1. The lowest BCUT2D eigenvalue weighted by molar-refractivity contribution is 0.102. The van der Waals surface area contributed by atoms with Crippen LogP contribution in [0, 0.1) is 5.41 Å². The molecule has 6 aromatic rings. The highest BCUT2D eigenvalue weighted by molar-refractivity contribution is 7.22. The van der Waals surface area contributed by atoms with Crippen molar-refractivity contribution in [2.75, 3.05) is 11.1 Å². The number of fused-ring (bicyclic) bond motifs is 2. The van der Waals surface area contributed by atoms with Gasteiger partial charge in [0.25, 0.3) is 5.91 Å². The molecule has 2 aromatic heterocycles. The van der Waals surface area contributed by atoms with E-state index in [0.29, 0.717) is 34.0 Å². The van der Waals surface area contributed by atoms with Crippen molar-refractivity contribution in [3.05, 3.63) is 102 Å². The summed E-state index contributed by atoms with van der Waals surface area (Å²) in [7, 11) is 0. The number of nitrogens with zero attached hydrogens (tertiary/aromatic N) is 1. The predicted octanol–water partition coefficient (Wildman–Crippen LogP) is 7.21. The number of nitrogens with one attached hydrogen (secondary N) is 2. The number of anilines is 2. The number of hydrogen-bond acceptors (Lipinski definition) is 6. The van der Waals surface area contributed by atoms with Crippen molar-refractivity contribution in [3.63, 3.8) is 0 Å². The zero-order chi connectivity index (χ0) is 24.6. The number of nitrogen functional groups attached to an aromatic ring is 1. The summed E-state index contributed by atoms with van der Waals surface area (Å²) in [6.45, 7) is 0. The highest BCUT2D eigenvalue weighted by atomic mass is 32.1. The fourth-order valence-corrected chi connectivity index (χ4v) is 5.27. The zero-order valence-corrected chi connectivity index (χ0v) is 19.8. The van der Waals surface area contributed by atoms with E-state index in [9.17, 15) is 4.79 Å². The van der Waals surface area contributed by atoms with Gasteiger partial charge in [-0.3, -0.25) is 4.79 Å². The van der Waals surface area contributed by atoms with Crippen molar-refractivity contribution in [2.45, 2.75) is 0 Å². The Morgan fingerprint density at radius 3 is 2.64 bits per heavy atom. The van der Waals surface area contributed by atoms with Gasteiger partial charge < -0.3 is 20.9 Å². The van der Waals surface area contributed by atoms with E-state index in [2.05, 4.69) is 22.4 Å². The molecule has 0 saturated carbocycles. The number of benzene rings is 4. The smallest absolute Gasteiger partial charge is 0.255 e. The number of para-hydroxylation sites is 2. The fraction of sp³-hybridized carbons (Fsp3) is 0. The fourth-order valence-electron chi connectivity index (χ4n) is 4.17. The van der Waals surface area contributed by atoms with E-state index in [1.165, 1.54) is 6.21 Å². The molecule has 0 atom stereocenters. The highest BCUT2D eigenvalue weighted by Gasteiger charge is 2.16. The van der Waals surface area contributed by atoms with Gasteiger partial charge in [0, 0.05) is 49.4 Å². The molecule has 0 spiro atoms. The topological polar surface area (TPSA) is 105 Å². The summed E-state index contributed by atoms with van der Waals surface area (Å²) in [4.78, 5) is 18.8. The lowest BCUT2D eigenvalue weighted by Crippen LogP contribution is -2.13. The number of thiophene rings is 1. The van der Waals surface area contributed by atoms with Gasteiger partial charge in [-0.05, 0) is 60.0 Å². The van der Waals surface area contributed by atoms with Crippen LogP contribution in [0.15, 0.2) is 95.4 Å². The van der Waals surface area contributed by atoms with Gasteiger partial charge in [-0.2, -0.15) is 0 Å². The molecule has 6 rings (SSSR count). The van der Waals surface area contributed by atoms with Crippen molar-refractivity contribution >= 4 is 56.0 Å². The molecule has 0 aliphatic heterocycles. The van der Waals surface area contributed by atoms with Crippen molar-refractivity contribution in [1.29, 1.82) is 5.41 Å². The molecule has 1 amide bonds. The maximum absolute atomic E-state index is 13.3. The van der Waals surface area contributed by atoms with Crippen LogP contribution in [0.5, 0.6) is 0 Å². The molecule has 0 fully saturated rings. The first-order valence-corrected chi connectivity index (χ1v) is 12.1. The molecule has 0 aliphatic carbocycles. The molecule has 4 aromatic carbocycles. The first kappa shape index (κ1) is 21.8. The summed E-state index contributed by atoms with van der Waals surface area (Å²) in [5.41, 5.74) is 11.4. The molecule has 0 aliphatic rings. The Hall–Kier alpha value is -4.75. The van der Waals surface area contributed by atoms with Gasteiger partial charge >= 0.3 is 0 Å². The molecular weight excluding hydrogens is 468 g/mol. The van der Waals surface area contributed by atoms with E-state index in [0.717, 1.165) is 31.6 Å². The number of carbonyl (C=O) groups excluding carboxylic acids is 1. The number of amides is 1. The monoisotopic (exact) mass is 488 g/mol. The Bertz CT molecular complexity index is 1720. The number of rotatable bonds is 5. The van der Waals surface area contributed by atoms with Crippen molar-refractivity contribution in [2.24, 2.45) is 0 Å². The number of oxazole rings is 1. The van der Waals surface area contributed by atoms with E-state index >= 15 is 0 Å². The van der Waals surface area contributed by atoms with Gasteiger partial charge in [0.1, 0.15) is 5.52 Å². The Morgan fingerprint density at radius 1 is 0.972 bits per heavy atom. The lowest BCUT2D eigenvalue weighted by atomic mass is 10.0. The summed E-state index contributed by atoms with van der Waals surface area (Å²) in [6.07, 6.45) is 1.18. The lowest BCUT2D eigenvalue weighted by Gasteiger charge is -2.12. The van der Waals surface area contributed by atoms with Crippen molar-refractivity contribution < 1.29 is 9.21 Å². The molecule has 0 bridgehead atoms. The first-order valence-electron chi connectivity index (χ1n) is 11.3. The summed E-state index contributed by atoms with van der Waals surface area (Å²) >= 11 is 1.61. The summed E-state index contributed by atoms with van der Waals surface area (Å²) in [5.74, 6) is 0.188. The third kappa shape index (κ3) is 3.91. The molecule has 7 heteroatoms. The van der Waals surface area contributed by atoms with E-state index < -0.39 is 0 Å². The van der Waals surface area contributed by atoms with Crippen LogP contribution in [0.25, 0.3) is 43.1 Å². The molecule has 4 N–H and O–H groups in total. The minimum Gasteiger partial charge on any atom is -0.436 e. The quantitative estimate of drug-likeness (QED) is 0.176. The van der Waals surface area contributed by atoms with Crippen LogP contribution in [-0.2, 0) is 0 Å². The third-order valence-corrected chi connectivity index (χ3v) is 7.13. The van der Waals surface area contributed by atoms with Crippen LogP contribution >= 0.6 is 11.3 Å². The molecular formula is C29H20N4O2S. The highest BCUT2D eigenvalue weighted by Crippen LogP contribution is 2.38. The molecule has 36 heavy (non-hydrogen) atoms. The summed E-state index contributed by atoms with van der Waals surface area (Å²) in [5, 5.41) is 11.9. The third-order valence-electron chi connectivity index (χ3n) is 5.98. The Kier molecular flexibility index (Phi) is 5.32. The van der Waals surface area contributed by atoms with E-state index in [-0.39, 0.29) is 5.91 Å². The van der Waals surface area contributed by atoms with Gasteiger partial charge in [0.05, 0.1) is 0 Å². The van der Waals surface area contributed by atoms with E-state index in [1.807, 2.05) is 66.7 Å². The van der Waals surface area contributed by atoms with Crippen molar-refractivity contribution in [1.82, 2.24) is 4.98 Å². The molecule has 0 unspecified atom stereocenters. The second kappa shape index (κ2) is 8.79. The van der Waals surface area contributed by atoms with Crippen LogP contribution in [0.1, 0.15) is 15.9 Å². The normalized spacial score (nSPS) is 11.1. The van der Waals surface area contributed by atoms with Crippen LogP contribution in [-0.4, -0.2) is 17.1 Å². The van der Waals surface area contributed by atoms with Crippen molar-refractivity contribution in [3.8, 4) is 21.9 Å². The number of carbonyl (C=O) groups is 1. The zero-order valence-electron chi connectivity index (χ0n) is 19.0. The minimum atomic E-state index is -0.296. The standard InChI is InChI=1S/C29H20N4O2S/c30-16-20-12-19(14-22(27(20)31)26-15-17-6-1-4-11-25(17)36-26)28(34)32-21-8-5-7-18(13-21)29-33-23-9-2-3-10-24(23)35-29/h1-16,30H,31H2,(H,32,34). The van der Waals surface area contributed by atoms with E-state index in [1.54, 1.807) is 23.5 Å². The van der Waals surface area contributed by atoms with Crippen LogP contribution < -0.4 is 11.1 Å². The second-order valence-electron chi connectivity index (χ2n) is 8.34. The van der Waals surface area contributed by atoms with Gasteiger partial charge in [-0.1, -0.05) is 36.4 Å². The van der Waals surface area contributed by atoms with Gasteiger partial charge in [-0.25, -0.2) is 4.98 Å². The minimum absolute atomic E-state index is 0.296. The molecule has 6 nitrogen and oxygen atoms in total. The number of aromatic nitrogens is 1. The van der Waals surface area contributed by atoms with Gasteiger partial charge in [0.15, 0.2) is 5.58 Å². The average Bonchev–Trinajstić information content (AvgIpc) is 3.53. The molecule has 2 heterocycles. The SMILES string of the molecule is N=Cc1cc(C(=O)Nc2cccc(-c3nc4ccccc4o3)c2)cc(-c2cc3ccccc3s2)c1N. The molecule has 0 saturated heterocycles. The van der Waals surface area contributed by atoms with Crippen LogP contribution in [0.3, 0.4) is 0 Å². The predicted molar refractivity (Wildman–Crippen MR) is 147 cm³/mol. The summed E-state index contributed by atoms with van der Waals surface area (Å²) < 4.78 is 7.00. The van der Waals surface area contributed by atoms with Gasteiger partial charge in [0.2, 0.25) is 5.89 Å². The Morgan fingerprint density at radius 2 is 1.81 bits per heavy atom. The largest absolute Gasteiger partial charge is 0.436 e. The van der Waals surface area contributed by atoms with E-state index in [4.69, 9.17) is 15.6 Å². The van der Waals surface area contributed by atoms with Gasteiger partial charge in [-0.15, -0.1) is 11.3 Å². The second-order valence-corrected chi connectivity index (χ2v) is 9.42. The Balaban J connectivity index is 1.33. The van der Waals surface area contributed by atoms with Crippen LogP contribution in [0.4, 0.5) is 11.4 Å². The molecule has 174 valence electrons. The first-order chi connectivity index (χ1) is 17.6. The van der Waals surface area contributed by atoms with Crippen LogP contribution in [0.2, 0.25) is 0 Å².